The number of hydrogen-bond donors (Lipinski definition) is 1. The van der Waals surface area contributed by atoms with Crippen molar-refractivity contribution in [2.75, 3.05) is 19.5 Å². The van der Waals surface area contributed by atoms with Crippen LogP contribution in [0, 0.1) is 6.92 Å². The van der Waals surface area contributed by atoms with Gasteiger partial charge in [-0.25, -0.2) is 4.98 Å². The van der Waals surface area contributed by atoms with Crippen LogP contribution in [0.2, 0.25) is 0 Å². The van der Waals surface area contributed by atoms with Gasteiger partial charge in [0.15, 0.2) is 0 Å². The molecule has 0 spiro atoms. The van der Waals surface area contributed by atoms with Crippen LogP contribution in [-0.2, 0) is 0 Å². The number of methoxy groups -OCH3 is 2. The molecule has 0 radical (unpaired) electrons. The second kappa shape index (κ2) is 7.56. The molecule has 0 aliphatic heterocycles. The Morgan fingerprint density at radius 1 is 0.929 bits per heavy atom. The Morgan fingerprint density at radius 3 is 2.18 bits per heavy atom. The Labute approximate surface area is 163 Å². The monoisotopic (exact) mass is 375 g/mol. The zero-order valence-corrected chi connectivity index (χ0v) is 16.0. The molecule has 2 heterocycles. The molecule has 0 aliphatic carbocycles. The third-order valence-electron chi connectivity index (χ3n) is 4.53. The van der Waals surface area contributed by atoms with E-state index in [0.717, 1.165) is 34.1 Å². The lowest BCUT2D eigenvalue weighted by Gasteiger charge is -2.22. The van der Waals surface area contributed by atoms with Crippen molar-refractivity contribution in [3.8, 4) is 11.5 Å². The summed E-state index contributed by atoms with van der Waals surface area (Å²) in [6.07, 6.45) is 1.50. The molecule has 0 unspecified atom stereocenters. The molecule has 7 nitrogen and oxygen atoms in total. The van der Waals surface area contributed by atoms with Gasteiger partial charge in [-0.05, 0) is 42.3 Å². The molecule has 0 saturated carbocycles. The Balaban J connectivity index is 1.83. The van der Waals surface area contributed by atoms with E-state index in [1.54, 1.807) is 18.7 Å². The maximum atomic E-state index is 5.42. The zero-order chi connectivity index (χ0) is 19.5. The molecular weight excluding hydrogens is 354 g/mol. The Bertz CT molecular complexity index is 1060. The van der Waals surface area contributed by atoms with Crippen LogP contribution < -0.4 is 14.8 Å². The van der Waals surface area contributed by atoms with Crippen LogP contribution in [0.5, 0.6) is 11.5 Å². The molecule has 2 aromatic heterocycles. The molecule has 4 aromatic rings. The highest BCUT2D eigenvalue weighted by atomic mass is 16.5. The number of aromatic nitrogens is 4. The highest BCUT2D eigenvalue weighted by molar-refractivity contribution is 5.51. The van der Waals surface area contributed by atoms with Gasteiger partial charge >= 0.3 is 0 Å². The van der Waals surface area contributed by atoms with E-state index in [0.29, 0.717) is 5.78 Å². The zero-order valence-electron chi connectivity index (χ0n) is 16.0. The molecule has 4 rings (SSSR count). The first-order valence-corrected chi connectivity index (χ1v) is 8.90. The molecule has 0 atom stereocenters. The molecule has 142 valence electrons. The lowest BCUT2D eigenvalue weighted by atomic mass is 9.98. The first kappa shape index (κ1) is 17.8. The normalized spacial score (nSPS) is 11.0. The fourth-order valence-corrected chi connectivity index (χ4v) is 3.18. The van der Waals surface area contributed by atoms with Crippen molar-refractivity contribution in [2.24, 2.45) is 0 Å². The molecule has 0 saturated heterocycles. The van der Waals surface area contributed by atoms with Gasteiger partial charge in [-0.15, -0.1) is 0 Å². The number of nitrogens with one attached hydrogen (secondary N) is 1. The van der Waals surface area contributed by atoms with Crippen LogP contribution in [0.15, 0.2) is 60.9 Å². The number of fused-ring (bicyclic) bond motifs is 1. The Kier molecular flexibility index (Phi) is 4.80. The minimum atomic E-state index is -0.153. The van der Waals surface area contributed by atoms with E-state index >= 15 is 0 Å². The van der Waals surface area contributed by atoms with E-state index in [1.165, 1.54) is 6.33 Å². The third-order valence-corrected chi connectivity index (χ3v) is 4.53. The summed E-state index contributed by atoms with van der Waals surface area (Å²) in [6, 6.07) is 17.8. The largest absolute Gasteiger partial charge is 0.497 e. The summed E-state index contributed by atoms with van der Waals surface area (Å²) in [5.74, 6) is 2.95. The summed E-state index contributed by atoms with van der Waals surface area (Å²) < 4.78 is 12.5. The SMILES string of the molecule is COc1cccc(C(Nc2cc(C)nc3ncnn23)c2cccc(OC)c2)c1. The van der Waals surface area contributed by atoms with Crippen LogP contribution in [0.1, 0.15) is 22.9 Å². The third kappa shape index (κ3) is 3.46. The summed E-state index contributed by atoms with van der Waals surface area (Å²) >= 11 is 0. The van der Waals surface area contributed by atoms with Crippen LogP contribution in [-0.4, -0.2) is 33.8 Å². The molecular formula is C21H21N5O2. The number of benzene rings is 2. The molecule has 7 heteroatoms. The second-order valence-electron chi connectivity index (χ2n) is 6.39. The van der Waals surface area contributed by atoms with E-state index in [2.05, 4.69) is 32.5 Å². The highest BCUT2D eigenvalue weighted by Gasteiger charge is 2.18. The minimum absolute atomic E-state index is 0.153. The van der Waals surface area contributed by atoms with Gasteiger partial charge in [0.2, 0.25) is 0 Å². The van der Waals surface area contributed by atoms with Crippen LogP contribution >= 0.6 is 0 Å². The predicted molar refractivity (Wildman–Crippen MR) is 107 cm³/mol. The standard InChI is InChI=1S/C21H21N5O2/c1-14-10-19(26-21(24-14)22-13-23-26)25-20(15-6-4-8-17(11-15)27-2)16-7-5-9-18(12-16)28-3/h4-13,20,25H,1-3H3. The van der Waals surface area contributed by atoms with Gasteiger partial charge in [0.25, 0.3) is 5.78 Å². The average molecular weight is 375 g/mol. The quantitative estimate of drug-likeness (QED) is 0.554. The molecule has 0 bridgehead atoms. The van der Waals surface area contributed by atoms with Crippen molar-refractivity contribution in [3.63, 3.8) is 0 Å². The van der Waals surface area contributed by atoms with Crippen molar-refractivity contribution in [1.82, 2.24) is 19.6 Å². The van der Waals surface area contributed by atoms with E-state index in [-0.39, 0.29) is 6.04 Å². The summed E-state index contributed by atoms with van der Waals surface area (Å²) in [5, 5.41) is 7.89. The number of anilines is 1. The molecule has 1 N–H and O–H groups in total. The summed E-state index contributed by atoms with van der Waals surface area (Å²) in [5.41, 5.74) is 2.96. The van der Waals surface area contributed by atoms with Crippen molar-refractivity contribution in [3.05, 3.63) is 77.7 Å². The Morgan fingerprint density at radius 2 is 1.57 bits per heavy atom. The number of rotatable bonds is 6. The molecule has 0 fully saturated rings. The number of nitrogens with zero attached hydrogens (tertiary/aromatic N) is 4. The topological polar surface area (TPSA) is 73.6 Å². The Hall–Kier alpha value is -3.61. The van der Waals surface area contributed by atoms with Crippen LogP contribution in [0.3, 0.4) is 0 Å². The van der Waals surface area contributed by atoms with Crippen molar-refractivity contribution in [1.29, 1.82) is 0 Å². The molecule has 0 aliphatic rings. The fourth-order valence-electron chi connectivity index (χ4n) is 3.18. The smallest absolute Gasteiger partial charge is 0.254 e. The predicted octanol–water partition coefficient (Wildman–Crippen LogP) is 3.65. The first-order valence-electron chi connectivity index (χ1n) is 8.90. The van der Waals surface area contributed by atoms with Crippen molar-refractivity contribution >= 4 is 11.6 Å². The lowest BCUT2D eigenvalue weighted by molar-refractivity contribution is 0.413. The highest BCUT2D eigenvalue weighted by Crippen LogP contribution is 2.31. The van der Waals surface area contributed by atoms with Gasteiger partial charge < -0.3 is 14.8 Å². The van der Waals surface area contributed by atoms with E-state index in [1.807, 2.05) is 49.4 Å². The lowest BCUT2D eigenvalue weighted by Crippen LogP contribution is -2.16. The van der Waals surface area contributed by atoms with Gasteiger partial charge in [0.1, 0.15) is 23.6 Å². The van der Waals surface area contributed by atoms with Gasteiger partial charge in [-0.3, -0.25) is 0 Å². The maximum absolute atomic E-state index is 5.42. The fraction of sp³-hybridized carbons (Fsp3) is 0.190. The van der Waals surface area contributed by atoms with Crippen LogP contribution in [0.25, 0.3) is 5.78 Å². The number of hydrogen-bond acceptors (Lipinski definition) is 6. The van der Waals surface area contributed by atoms with Gasteiger partial charge in [0.05, 0.1) is 20.3 Å². The number of ether oxygens (including phenoxy) is 2. The van der Waals surface area contributed by atoms with Gasteiger partial charge in [0, 0.05) is 11.8 Å². The molecule has 0 amide bonds. The first-order chi connectivity index (χ1) is 13.7. The minimum Gasteiger partial charge on any atom is -0.497 e. The van der Waals surface area contributed by atoms with E-state index < -0.39 is 0 Å². The van der Waals surface area contributed by atoms with Crippen molar-refractivity contribution in [2.45, 2.75) is 13.0 Å². The van der Waals surface area contributed by atoms with Gasteiger partial charge in [-0.1, -0.05) is 24.3 Å². The van der Waals surface area contributed by atoms with Gasteiger partial charge in [-0.2, -0.15) is 14.6 Å². The number of aryl methyl sites for hydroxylation is 1. The summed E-state index contributed by atoms with van der Waals surface area (Å²) in [7, 11) is 3.33. The van der Waals surface area contributed by atoms with Crippen molar-refractivity contribution < 1.29 is 9.47 Å². The second-order valence-corrected chi connectivity index (χ2v) is 6.39. The summed E-state index contributed by atoms with van der Waals surface area (Å²) in [4.78, 5) is 8.62. The van der Waals surface area contributed by atoms with Crippen LogP contribution in [0.4, 0.5) is 5.82 Å². The molecule has 2 aromatic carbocycles. The molecule has 28 heavy (non-hydrogen) atoms. The average Bonchev–Trinajstić information content (AvgIpc) is 3.20. The summed E-state index contributed by atoms with van der Waals surface area (Å²) in [6.45, 7) is 1.94. The van der Waals surface area contributed by atoms with E-state index in [9.17, 15) is 0 Å². The van der Waals surface area contributed by atoms with E-state index in [4.69, 9.17) is 9.47 Å². The maximum Gasteiger partial charge on any atom is 0.254 e.